The fourth-order valence-electron chi connectivity index (χ4n) is 3.39. The number of hydrogen-bond donors (Lipinski definition) is 2. The Labute approximate surface area is 168 Å². The molecule has 0 fully saturated rings. The molecule has 0 saturated heterocycles. The number of aromatic carboxylic acids is 1. The third-order valence-electron chi connectivity index (χ3n) is 4.81. The molecule has 1 aliphatic heterocycles. The molecule has 2 N–H and O–H groups in total. The van der Waals surface area contributed by atoms with Gasteiger partial charge in [0, 0.05) is 23.4 Å². The Balaban J connectivity index is 1.61. The predicted molar refractivity (Wildman–Crippen MR) is 111 cm³/mol. The summed E-state index contributed by atoms with van der Waals surface area (Å²) in [5.41, 5.74) is 2.68. The van der Waals surface area contributed by atoms with Crippen LogP contribution in [0.1, 0.15) is 26.3 Å². The molecule has 0 radical (unpaired) electrons. The molecule has 6 heteroatoms. The van der Waals surface area contributed by atoms with E-state index >= 15 is 0 Å². The quantitative estimate of drug-likeness (QED) is 0.705. The summed E-state index contributed by atoms with van der Waals surface area (Å²) in [4.78, 5) is 26.3. The first-order chi connectivity index (χ1) is 14.1. The van der Waals surface area contributed by atoms with Crippen molar-refractivity contribution in [3.63, 3.8) is 0 Å². The smallest absolute Gasteiger partial charge is 0.337 e. The summed E-state index contributed by atoms with van der Waals surface area (Å²) in [6.45, 7) is 1.57. The maximum atomic E-state index is 12.4. The standard InChI is InChI=1S/C23H20N2O4/c26-22(16-6-2-1-3-7-16)24-18-10-11-20(19(14-18)23(27)28)25-12-13-29-21-9-5-4-8-17(21)15-25/h1-11,14H,12-13,15H2,(H,24,26)(H,27,28). The number of carboxylic acids is 1. The Kier molecular flexibility index (Phi) is 5.16. The van der Waals surface area contributed by atoms with Gasteiger partial charge in [0.05, 0.1) is 17.8 Å². The highest BCUT2D eigenvalue weighted by Gasteiger charge is 2.21. The first-order valence-corrected chi connectivity index (χ1v) is 9.31. The van der Waals surface area contributed by atoms with Crippen molar-refractivity contribution in [2.45, 2.75) is 6.54 Å². The lowest BCUT2D eigenvalue weighted by atomic mass is 10.1. The van der Waals surface area contributed by atoms with Crippen LogP contribution in [0.3, 0.4) is 0 Å². The average molecular weight is 388 g/mol. The summed E-state index contributed by atoms with van der Waals surface area (Å²) in [5.74, 6) is -0.514. The highest BCUT2D eigenvalue weighted by atomic mass is 16.5. The lowest BCUT2D eigenvalue weighted by molar-refractivity contribution is 0.0697. The van der Waals surface area contributed by atoms with E-state index < -0.39 is 5.97 Å². The fourth-order valence-corrected chi connectivity index (χ4v) is 3.39. The molecule has 0 bridgehead atoms. The molecule has 1 heterocycles. The van der Waals surface area contributed by atoms with Gasteiger partial charge in [-0.05, 0) is 36.4 Å². The molecule has 0 saturated carbocycles. The third kappa shape index (κ3) is 4.06. The van der Waals surface area contributed by atoms with Gasteiger partial charge in [-0.15, -0.1) is 0 Å². The number of carboxylic acid groups (broad SMARTS) is 1. The summed E-state index contributed by atoms with van der Waals surface area (Å²) in [6.07, 6.45) is 0. The van der Waals surface area contributed by atoms with Gasteiger partial charge in [-0.3, -0.25) is 4.79 Å². The zero-order valence-electron chi connectivity index (χ0n) is 15.7. The van der Waals surface area contributed by atoms with E-state index in [0.29, 0.717) is 36.6 Å². The van der Waals surface area contributed by atoms with Crippen molar-refractivity contribution in [1.29, 1.82) is 0 Å². The number of rotatable bonds is 4. The van der Waals surface area contributed by atoms with Crippen molar-refractivity contribution in [1.82, 2.24) is 0 Å². The molecule has 3 aromatic carbocycles. The van der Waals surface area contributed by atoms with Gasteiger partial charge in [-0.25, -0.2) is 4.79 Å². The zero-order valence-corrected chi connectivity index (χ0v) is 15.7. The van der Waals surface area contributed by atoms with Crippen LogP contribution in [0.25, 0.3) is 0 Å². The van der Waals surface area contributed by atoms with Crippen LogP contribution in [0.15, 0.2) is 72.8 Å². The second kappa shape index (κ2) is 8.06. The van der Waals surface area contributed by atoms with Crippen LogP contribution < -0.4 is 15.0 Å². The van der Waals surface area contributed by atoms with Crippen molar-refractivity contribution in [3.8, 4) is 5.75 Å². The Bertz CT molecular complexity index is 1050. The number of fused-ring (bicyclic) bond motifs is 1. The van der Waals surface area contributed by atoms with E-state index in [1.54, 1.807) is 36.4 Å². The predicted octanol–water partition coefficient (Wildman–Crippen LogP) is 4.04. The molecule has 0 atom stereocenters. The minimum Gasteiger partial charge on any atom is -0.491 e. The number of carbonyl (C=O) groups excluding carboxylic acids is 1. The first-order valence-electron chi connectivity index (χ1n) is 9.31. The van der Waals surface area contributed by atoms with Crippen molar-refractivity contribution >= 4 is 23.3 Å². The van der Waals surface area contributed by atoms with Gasteiger partial charge in [0.15, 0.2) is 0 Å². The maximum absolute atomic E-state index is 12.4. The monoisotopic (exact) mass is 388 g/mol. The number of nitrogens with zero attached hydrogens (tertiary/aromatic N) is 1. The fraction of sp³-hybridized carbons (Fsp3) is 0.130. The molecular weight excluding hydrogens is 368 g/mol. The lowest BCUT2D eigenvalue weighted by Crippen LogP contribution is -2.27. The van der Waals surface area contributed by atoms with E-state index in [2.05, 4.69) is 5.32 Å². The molecule has 0 unspecified atom stereocenters. The van der Waals surface area contributed by atoms with Gasteiger partial charge in [0.25, 0.3) is 5.91 Å². The molecule has 1 aliphatic rings. The summed E-state index contributed by atoms with van der Waals surface area (Å²) in [7, 11) is 0. The number of benzene rings is 3. The van der Waals surface area contributed by atoms with Crippen LogP contribution in [0.5, 0.6) is 5.75 Å². The van der Waals surface area contributed by atoms with Crippen molar-refractivity contribution in [2.75, 3.05) is 23.4 Å². The zero-order chi connectivity index (χ0) is 20.2. The van der Waals surface area contributed by atoms with E-state index in [1.807, 2.05) is 35.2 Å². The number of para-hydroxylation sites is 1. The van der Waals surface area contributed by atoms with Gasteiger partial charge in [-0.2, -0.15) is 0 Å². The van der Waals surface area contributed by atoms with Crippen molar-refractivity contribution < 1.29 is 19.4 Å². The SMILES string of the molecule is O=C(Nc1ccc(N2CCOc3ccccc3C2)c(C(=O)O)c1)c1ccccc1. The first kappa shape index (κ1) is 18.6. The van der Waals surface area contributed by atoms with E-state index in [4.69, 9.17) is 4.74 Å². The van der Waals surface area contributed by atoms with Gasteiger partial charge < -0.3 is 20.1 Å². The minimum atomic E-state index is -1.05. The van der Waals surface area contributed by atoms with E-state index in [9.17, 15) is 14.7 Å². The molecule has 29 heavy (non-hydrogen) atoms. The molecule has 0 aromatic heterocycles. The maximum Gasteiger partial charge on any atom is 0.337 e. The summed E-state index contributed by atoms with van der Waals surface area (Å²) < 4.78 is 5.78. The van der Waals surface area contributed by atoms with Gasteiger partial charge in [0.2, 0.25) is 0 Å². The number of carbonyl (C=O) groups is 2. The lowest BCUT2D eigenvalue weighted by Gasteiger charge is -2.24. The number of ether oxygens (including phenoxy) is 1. The van der Waals surface area contributed by atoms with Crippen LogP contribution in [0.4, 0.5) is 11.4 Å². The van der Waals surface area contributed by atoms with Crippen molar-refractivity contribution in [2.24, 2.45) is 0 Å². The van der Waals surface area contributed by atoms with Crippen molar-refractivity contribution in [3.05, 3.63) is 89.5 Å². The van der Waals surface area contributed by atoms with E-state index in [1.165, 1.54) is 6.07 Å². The second-order valence-electron chi connectivity index (χ2n) is 6.73. The Morgan fingerprint density at radius 1 is 0.966 bits per heavy atom. The number of anilines is 2. The van der Waals surface area contributed by atoms with Gasteiger partial charge >= 0.3 is 5.97 Å². The summed E-state index contributed by atoms with van der Waals surface area (Å²) >= 11 is 0. The molecule has 6 nitrogen and oxygen atoms in total. The molecule has 146 valence electrons. The average Bonchev–Trinajstić information content (AvgIpc) is 2.96. The summed E-state index contributed by atoms with van der Waals surface area (Å²) in [5, 5.41) is 12.5. The van der Waals surface area contributed by atoms with E-state index in [-0.39, 0.29) is 11.5 Å². The number of nitrogens with one attached hydrogen (secondary N) is 1. The Hall–Kier alpha value is -3.80. The van der Waals surface area contributed by atoms with Gasteiger partial charge in [0.1, 0.15) is 12.4 Å². The second-order valence-corrected chi connectivity index (χ2v) is 6.73. The Morgan fingerprint density at radius 3 is 2.52 bits per heavy atom. The van der Waals surface area contributed by atoms with Crippen LogP contribution in [0, 0.1) is 0 Å². The normalized spacial score (nSPS) is 13.0. The largest absolute Gasteiger partial charge is 0.491 e. The molecule has 3 aromatic rings. The van der Waals surface area contributed by atoms with Gasteiger partial charge in [-0.1, -0.05) is 36.4 Å². The number of hydrogen-bond acceptors (Lipinski definition) is 4. The van der Waals surface area contributed by atoms with Crippen LogP contribution in [-0.2, 0) is 6.54 Å². The molecule has 4 rings (SSSR count). The Morgan fingerprint density at radius 2 is 1.72 bits per heavy atom. The highest BCUT2D eigenvalue weighted by molar-refractivity contribution is 6.05. The number of amides is 1. The van der Waals surface area contributed by atoms with Crippen LogP contribution in [-0.4, -0.2) is 30.1 Å². The molecule has 0 spiro atoms. The molecule has 0 aliphatic carbocycles. The van der Waals surface area contributed by atoms with Crippen LogP contribution in [0.2, 0.25) is 0 Å². The molecule has 1 amide bonds. The minimum absolute atomic E-state index is 0.134. The molecular formula is C23H20N2O4. The highest BCUT2D eigenvalue weighted by Crippen LogP contribution is 2.30. The topological polar surface area (TPSA) is 78.9 Å². The van der Waals surface area contributed by atoms with Crippen LogP contribution >= 0.6 is 0 Å². The summed E-state index contributed by atoms with van der Waals surface area (Å²) in [6, 6.07) is 21.5. The third-order valence-corrected chi connectivity index (χ3v) is 4.81. The van der Waals surface area contributed by atoms with E-state index in [0.717, 1.165) is 11.3 Å².